The molecule has 9 nitrogen and oxygen atoms in total. The van der Waals surface area contributed by atoms with Crippen LogP contribution in [0.15, 0.2) is 17.7 Å². The lowest BCUT2D eigenvalue weighted by molar-refractivity contribution is -0.353. The molecule has 0 aromatic heterocycles. The summed E-state index contributed by atoms with van der Waals surface area (Å²) in [5, 5.41) is 45.3. The molecule has 2 aliphatic heterocycles. The normalized spacial score (nSPS) is 37.3. The summed E-state index contributed by atoms with van der Waals surface area (Å²) in [6, 6.07) is 1.64. The zero-order valence-electron chi connectivity index (χ0n) is 25.8. The Balaban J connectivity index is 1.69. The smallest absolute Gasteiger partial charge is 0.377 e. The zero-order valence-corrected chi connectivity index (χ0v) is 25.8. The fourth-order valence-electron chi connectivity index (χ4n) is 8.36. The van der Waals surface area contributed by atoms with Crippen molar-refractivity contribution in [3.05, 3.63) is 40.0 Å². The Morgan fingerprint density at radius 2 is 1.88 bits per heavy atom. The van der Waals surface area contributed by atoms with Crippen LogP contribution in [-0.2, 0) is 25.7 Å². The minimum Gasteiger partial charge on any atom is -0.507 e. The molecule has 1 aromatic carbocycles. The Kier molecular flexibility index (Phi) is 8.59. The van der Waals surface area contributed by atoms with Crippen LogP contribution in [0.2, 0.25) is 0 Å². The highest BCUT2D eigenvalue weighted by Crippen LogP contribution is 2.61. The van der Waals surface area contributed by atoms with E-state index in [9.17, 15) is 25.2 Å². The summed E-state index contributed by atoms with van der Waals surface area (Å²) in [4.78, 5) is 24.8. The maximum Gasteiger partial charge on any atom is 0.377 e. The second-order valence-corrected chi connectivity index (χ2v) is 13.8. The van der Waals surface area contributed by atoms with Gasteiger partial charge in [0.05, 0.1) is 36.9 Å². The summed E-state index contributed by atoms with van der Waals surface area (Å²) in [5.74, 6) is -2.17. The lowest BCUT2D eigenvalue weighted by Crippen LogP contribution is -2.69. The van der Waals surface area contributed by atoms with Crippen molar-refractivity contribution in [2.45, 2.75) is 122 Å². The highest BCUT2D eigenvalue weighted by Gasteiger charge is 2.66. The van der Waals surface area contributed by atoms with Crippen LogP contribution in [0, 0.1) is 24.2 Å². The lowest BCUT2D eigenvalue weighted by atomic mass is 9.48. The third-order valence-electron chi connectivity index (χ3n) is 10.8. The predicted molar refractivity (Wildman–Crippen MR) is 155 cm³/mol. The first kappa shape index (κ1) is 31.4. The third-order valence-corrected chi connectivity index (χ3v) is 10.8. The second kappa shape index (κ2) is 11.5. The van der Waals surface area contributed by atoms with Gasteiger partial charge in [0.1, 0.15) is 22.5 Å². The van der Waals surface area contributed by atoms with Crippen LogP contribution in [-0.4, -0.2) is 69.6 Å². The van der Waals surface area contributed by atoms with Crippen LogP contribution < -0.4 is 0 Å². The first-order valence-electron chi connectivity index (χ1n) is 15.5. The molecule has 0 unspecified atom stereocenters. The van der Waals surface area contributed by atoms with E-state index in [0.29, 0.717) is 24.0 Å². The number of hydrogen-bond acceptors (Lipinski definition) is 9. The number of benzene rings is 1. The molecular formula is C33H48O9. The molecule has 5 rings (SSSR count). The van der Waals surface area contributed by atoms with Gasteiger partial charge in [-0.15, -0.1) is 0 Å². The highest BCUT2D eigenvalue weighted by atomic mass is 17.2. The lowest BCUT2D eigenvalue weighted by Gasteiger charge is -2.61. The van der Waals surface area contributed by atoms with Gasteiger partial charge in [0, 0.05) is 19.4 Å². The summed E-state index contributed by atoms with van der Waals surface area (Å²) in [6.07, 6.45) is 5.29. The molecule has 9 heteroatoms. The standard InChI is InChI=1S/C33H48O9/c1-7-8-9-10-11-21-12-19-13-23(35)27-18(2)26(19)29(40-21)28-24(39-6)14-20(17-34)22-15-31(3,4)33(22,38)25(36)16-32(28,5)42-41-30(27)37/h13-14,21-22,24-25,28-29,34-36,38H,7-12,15-17H2,1-6H3/t21-,22-,24+,25+,28-,29+,32+,33-/m1/s1. The molecule has 8 atom stereocenters. The molecule has 0 radical (unpaired) electrons. The van der Waals surface area contributed by atoms with E-state index < -0.39 is 52.7 Å². The summed E-state index contributed by atoms with van der Waals surface area (Å²) in [5.41, 5.74) is -0.782. The Morgan fingerprint density at radius 3 is 2.52 bits per heavy atom. The van der Waals surface area contributed by atoms with Gasteiger partial charge in [-0.25, -0.2) is 4.79 Å². The van der Waals surface area contributed by atoms with Crippen molar-refractivity contribution in [1.82, 2.24) is 0 Å². The largest absolute Gasteiger partial charge is 0.507 e. The van der Waals surface area contributed by atoms with Crippen LogP contribution in [0.3, 0.4) is 0 Å². The van der Waals surface area contributed by atoms with Gasteiger partial charge in [-0.2, -0.15) is 4.89 Å². The number of hydrogen-bond donors (Lipinski definition) is 4. The second-order valence-electron chi connectivity index (χ2n) is 13.8. The molecule has 42 heavy (non-hydrogen) atoms. The molecule has 4 aliphatic rings. The number of phenolic OH excluding ortho intramolecular Hbond substituents is 1. The molecular weight excluding hydrogens is 540 g/mol. The summed E-state index contributed by atoms with van der Waals surface area (Å²) < 4.78 is 13.1. The number of carbonyl (C=O) groups excluding carboxylic acids is 1. The molecule has 2 aliphatic carbocycles. The van der Waals surface area contributed by atoms with E-state index in [1.807, 2.05) is 19.9 Å². The SMILES string of the molecule is CCCCCC[C@@H]1Cc2cc(O)c3c(C)c2[C@H](O1)[C@H]1[C@@H](OC)C=C(CO)[C@H]2CC(C)(C)[C@]2(O)[C@@H](O)C[C@]1(C)OOC3=O. The van der Waals surface area contributed by atoms with Gasteiger partial charge in [0.2, 0.25) is 0 Å². The molecule has 1 saturated carbocycles. The van der Waals surface area contributed by atoms with Crippen molar-refractivity contribution in [3.63, 3.8) is 0 Å². The highest BCUT2D eigenvalue weighted by molar-refractivity contribution is 5.94. The summed E-state index contributed by atoms with van der Waals surface area (Å²) in [7, 11) is 1.57. The number of ether oxygens (including phenoxy) is 2. The van der Waals surface area contributed by atoms with E-state index in [1.54, 1.807) is 27.0 Å². The van der Waals surface area contributed by atoms with Gasteiger partial charge in [0.15, 0.2) is 0 Å². The van der Waals surface area contributed by atoms with E-state index in [0.717, 1.165) is 43.2 Å². The number of rotatable bonds is 7. The predicted octanol–water partition coefficient (Wildman–Crippen LogP) is 4.61. The van der Waals surface area contributed by atoms with E-state index in [-0.39, 0.29) is 30.4 Å². The Bertz CT molecular complexity index is 1220. The van der Waals surface area contributed by atoms with Crippen LogP contribution >= 0.6 is 0 Å². The monoisotopic (exact) mass is 588 g/mol. The summed E-state index contributed by atoms with van der Waals surface area (Å²) >= 11 is 0. The topological polar surface area (TPSA) is 135 Å². The van der Waals surface area contributed by atoms with Gasteiger partial charge < -0.3 is 29.9 Å². The Hall–Kier alpha value is -2.01. The zero-order chi connectivity index (χ0) is 30.6. The Labute approximate surface area is 248 Å². The molecule has 1 aromatic rings. The first-order chi connectivity index (χ1) is 19.8. The maximum atomic E-state index is 13.3. The van der Waals surface area contributed by atoms with Crippen LogP contribution in [0.1, 0.15) is 106 Å². The Morgan fingerprint density at radius 1 is 1.14 bits per heavy atom. The van der Waals surface area contributed by atoms with Gasteiger partial charge in [-0.05, 0) is 66.9 Å². The number of aromatic hydroxyl groups is 1. The van der Waals surface area contributed by atoms with E-state index >= 15 is 0 Å². The van der Waals surface area contributed by atoms with Gasteiger partial charge >= 0.3 is 5.97 Å². The number of fused-ring (bicyclic) bond motifs is 4. The van der Waals surface area contributed by atoms with E-state index in [4.69, 9.17) is 19.2 Å². The molecule has 0 spiro atoms. The average molecular weight is 589 g/mol. The molecule has 1 fully saturated rings. The fourth-order valence-corrected chi connectivity index (χ4v) is 8.36. The number of methoxy groups -OCH3 is 1. The van der Waals surface area contributed by atoms with Crippen molar-refractivity contribution in [3.8, 4) is 5.75 Å². The maximum absolute atomic E-state index is 13.3. The van der Waals surface area contributed by atoms with Crippen molar-refractivity contribution in [2.75, 3.05) is 13.7 Å². The van der Waals surface area contributed by atoms with Crippen molar-refractivity contribution < 1.29 is 44.5 Å². The molecule has 234 valence electrons. The van der Waals surface area contributed by atoms with Crippen LogP contribution in [0.5, 0.6) is 5.75 Å². The number of aliphatic hydroxyl groups excluding tert-OH is 2. The summed E-state index contributed by atoms with van der Waals surface area (Å²) in [6.45, 7) is 9.18. The minimum atomic E-state index is -1.56. The van der Waals surface area contributed by atoms with Crippen LogP contribution in [0.25, 0.3) is 0 Å². The number of phenols is 1. The average Bonchev–Trinajstić information content (AvgIpc) is 2.97. The number of aliphatic hydroxyl groups is 3. The van der Waals surface area contributed by atoms with Gasteiger partial charge in [-0.3, -0.25) is 4.89 Å². The minimum absolute atomic E-state index is 0.0127. The molecule has 0 amide bonds. The van der Waals surface area contributed by atoms with Crippen molar-refractivity contribution in [1.29, 1.82) is 0 Å². The van der Waals surface area contributed by atoms with E-state index in [1.165, 1.54) is 0 Å². The van der Waals surface area contributed by atoms with E-state index in [2.05, 4.69) is 6.92 Å². The molecule has 2 heterocycles. The van der Waals surface area contributed by atoms with Gasteiger partial charge in [0.25, 0.3) is 0 Å². The quantitative estimate of drug-likeness (QED) is 0.205. The first-order valence-corrected chi connectivity index (χ1v) is 15.5. The fraction of sp³-hybridized carbons (Fsp3) is 0.727. The van der Waals surface area contributed by atoms with Gasteiger partial charge in [-0.1, -0.05) is 52.5 Å². The van der Waals surface area contributed by atoms with Crippen molar-refractivity contribution >= 4 is 5.97 Å². The molecule has 0 saturated heterocycles. The number of unbranched alkanes of at least 4 members (excludes halogenated alkanes) is 3. The van der Waals surface area contributed by atoms with Crippen molar-refractivity contribution in [2.24, 2.45) is 17.3 Å². The number of carbonyl (C=O) groups is 1. The van der Waals surface area contributed by atoms with Crippen LogP contribution in [0.4, 0.5) is 0 Å². The third kappa shape index (κ3) is 4.90. The molecule has 2 bridgehead atoms. The molecule has 4 N–H and O–H groups in total.